The number of carbonyl (C=O) groups is 1. The minimum atomic E-state index is -0.711. The molecule has 136 valence electrons. The monoisotopic (exact) mass is 369 g/mol. The molecular formula is C21H24ClN3O. The maximum atomic E-state index is 13.1. The molecule has 0 aliphatic heterocycles. The molecule has 1 amide bonds. The number of nitrogens with zero attached hydrogens (tertiary/aromatic N) is 2. The van der Waals surface area contributed by atoms with E-state index in [2.05, 4.69) is 10.3 Å². The van der Waals surface area contributed by atoms with E-state index in [1.165, 1.54) is 0 Å². The van der Waals surface area contributed by atoms with Gasteiger partial charge in [0.2, 0.25) is 5.91 Å². The molecule has 26 heavy (non-hydrogen) atoms. The Morgan fingerprint density at radius 1 is 1.04 bits per heavy atom. The van der Waals surface area contributed by atoms with Crippen LogP contribution in [0.1, 0.15) is 24.5 Å². The molecule has 1 N–H and O–H groups in total. The van der Waals surface area contributed by atoms with Crippen LogP contribution < -0.4 is 5.32 Å². The lowest BCUT2D eigenvalue weighted by atomic mass is 9.75. The Bertz CT molecular complexity index is 749. The third-order valence-electron chi connectivity index (χ3n) is 4.59. The van der Waals surface area contributed by atoms with Crippen LogP contribution in [0.3, 0.4) is 0 Å². The van der Waals surface area contributed by atoms with E-state index in [9.17, 15) is 4.79 Å². The number of aryl methyl sites for hydroxylation is 1. The van der Waals surface area contributed by atoms with Crippen molar-refractivity contribution in [3.8, 4) is 0 Å². The lowest BCUT2D eigenvalue weighted by molar-refractivity contribution is -0.124. The molecule has 3 aromatic rings. The van der Waals surface area contributed by atoms with Gasteiger partial charge in [-0.2, -0.15) is 0 Å². The summed E-state index contributed by atoms with van der Waals surface area (Å²) in [6, 6.07) is 19.9. The van der Waals surface area contributed by atoms with Crippen LogP contribution in [0.2, 0.25) is 0 Å². The molecule has 1 aromatic heterocycles. The minimum absolute atomic E-state index is 0. The SMILES string of the molecule is CC(C(=O)NCCCn1ccnc1)(c1ccccc1)c1ccccc1.Cl. The molecule has 0 aliphatic rings. The second kappa shape index (κ2) is 9.20. The van der Waals surface area contributed by atoms with Crippen LogP contribution in [0.5, 0.6) is 0 Å². The predicted molar refractivity (Wildman–Crippen MR) is 106 cm³/mol. The molecule has 1 heterocycles. The molecule has 0 aliphatic carbocycles. The number of halogens is 1. The highest BCUT2D eigenvalue weighted by Crippen LogP contribution is 2.32. The van der Waals surface area contributed by atoms with Gasteiger partial charge in [0.25, 0.3) is 0 Å². The highest BCUT2D eigenvalue weighted by atomic mass is 35.5. The fourth-order valence-corrected chi connectivity index (χ4v) is 3.03. The largest absolute Gasteiger partial charge is 0.355 e. The van der Waals surface area contributed by atoms with Crippen molar-refractivity contribution in [2.75, 3.05) is 6.54 Å². The van der Waals surface area contributed by atoms with Crippen molar-refractivity contribution >= 4 is 18.3 Å². The van der Waals surface area contributed by atoms with Gasteiger partial charge in [-0.1, -0.05) is 60.7 Å². The average molecular weight is 370 g/mol. The van der Waals surface area contributed by atoms with Crippen LogP contribution in [0, 0.1) is 0 Å². The zero-order valence-electron chi connectivity index (χ0n) is 14.8. The van der Waals surface area contributed by atoms with Crippen LogP contribution in [0.4, 0.5) is 0 Å². The smallest absolute Gasteiger partial charge is 0.234 e. The van der Waals surface area contributed by atoms with Gasteiger partial charge in [0.05, 0.1) is 11.7 Å². The van der Waals surface area contributed by atoms with E-state index in [1.54, 1.807) is 12.5 Å². The highest BCUT2D eigenvalue weighted by molar-refractivity contribution is 5.91. The Balaban J connectivity index is 0.00000243. The maximum Gasteiger partial charge on any atom is 0.234 e. The third-order valence-corrected chi connectivity index (χ3v) is 4.59. The second-order valence-corrected chi connectivity index (χ2v) is 6.27. The molecule has 0 spiro atoms. The number of rotatable bonds is 7. The standard InChI is InChI=1S/C21H23N3O.ClH/c1-21(18-9-4-2-5-10-18,19-11-6-3-7-12-19)20(25)23-13-8-15-24-16-14-22-17-24;/h2-7,9-12,14,16-17H,8,13,15H2,1H3,(H,23,25);1H. The van der Waals surface area contributed by atoms with E-state index in [0.29, 0.717) is 6.54 Å². The van der Waals surface area contributed by atoms with E-state index < -0.39 is 5.41 Å². The van der Waals surface area contributed by atoms with Gasteiger partial charge >= 0.3 is 0 Å². The van der Waals surface area contributed by atoms with Gasteiger partial charge in [0.1, 0.15) is 0 Å². The van der Waals surface area contributed by atoms with Crippen molar-refractivity contribution < 1.29 is 4.79 Å². The summed E-state index contributed by atoms with van der Waals surface area (Å²) in [7, 11) is 0. The normalized spacial score (nSPS) is 10.8. The third kappa shape index (κ3) is 4.33. The fraction of sp³-hybridized carbons (Fsp3) is 0.238. The van der Waals surface area contributed by atoms with Crippen molar-refractivity contribution in [2.45, 2.75) is 25.3 Å². The second-order valence-electron chi connectivity index (χ2n) is 6.27. The Kier molecular flexibility index (Phi) is 6.98. The van der Waals surface area contributed by atoms with E-state index in [0.717, 1.165) is 24.1 Å². The Hall–Kier alpha value is -2.59. The van der Waals surface area contributed by atoms with Crippen LogP contribution >= 0.6 is 12.4 Å². The predicted octanol–water partition coefficient (Wildman–Crippen LogP) is 3.82. The van der Waals surface area contributed by atoms with Crippen LogP contribution in [0.15, 0.2) is 79.4 Å². The summed E-state index contributed by atoms with van der Waals surface area (Å²) in [5.74, 6) is 0.0236. The molecule has 0 radical (unpaired) electrons. The fourth-order valence-electron chi connectivity index (χ4n) is 3.03. The first-order valence-corrected chi connectivity index (χ1v) is 8.56. The summed E-state index contributed by atoms with van der Waals surface area (Å²) in [6.45, 7) is 3.46. The Morgan fingerprint density at radius 3 is 2.12 bits per heavy atom. The van der Waals surface area contributed by atoms with Crippen LogP contribution in [-0.2, 0) is 16.8 Å². The van der Waals surface area contributed by atoms with E-state index in [-0.39, 0.29) is 18.3 Å². The lowest BCUT2D eigenvalue weighted by Crippen LogP contribution is -2.43. The zero-order chi connectivity index (χ0) is 17.5. The van der Waals surface area contributed by atoms with E-state index >= 15 is 0 Å². The van der Waals surface area contributed by atoms with E-state index in [1.807, 2.05) is 78.4 Å². The molecule has 4 nitrogen and oxygen atoms in total. The highest BCUT2D eigenvalue weighted by Gasteiger charge is 2.36. The summed E-state index contributed by atoms with van der Waals surface area (Å²) in [5, 5.41) is 3.11. The first-order valence-electron chi connectivity index (χ1n) is 8.56. The number of hydrogen-bond donors (Lipinski definition) is 1. The molecule has 0 atom stereocenters. The average Bonchev–Trinajstić information content (AvgIpc) is 3.19. The maximum absolute atomic E-state index is 13.1. The van der Waals surface area contributed by atoms with Gasteiger partial charge < -0.3 is 9.88 Å². The molecule has 2 aromatic carbocycles. The molecule has 0 saturated carbocycles. The van der Waals surface area contributed by atoms with Gasteiger partial charge in [0.15, 0.2) is 0 Å². The Morgan fingerprint density at radius 2 is 1.62 bits per heavy atom. The molecule has 5 heteroatoms. The minimum Gasteiger partial charge on any atom is -0.355 e. The van der Waals surface area contributed by atoms with Gasteiger partial charge in [-0.25, -0.2) is 4.98 Å². The molecular weight excluding hydrogens is 346 g/mol. The number of imidazole rings is 1. The summed E-state index contributed by atoms with van der Waals surface area (Å²) in [4.78, 5) is 17.1. The number of benzene rings is 2. The topological polar surface area (TPSA) is 46.9 Å². The number of nitrogens with one attached hydrogen (secondary N) is 1. The van der Waals surface area contributed by atoms with Gasteiger partial charge in [0, 0.05) is 25.5 Å². The van der Waals surface area contributed by atoms with Crippen molar-refractivity contribution in [3.63, 3.8) is 0 Å². The summed E-state index contributed by atoms with van der Waals surface area (Å²) < 4.78 is 2.01. The molecule has 0 saturated heterocycles. The molecule has 3 rings (SSSR count). The van der Waals surface area contributed by atoms with Crippen molar-refractivity contribution in [3.05, 3.63) is 90.5 Å². The first kappa shape index (κ1) is 19.7. The number of amides is 1. The van der Waals surface area contributed by atoms with Crippen molar-refractivity contribution in [1.29, 1.82) is 0 Å². The first-order chi connectivity index (χ1) is 12.2. The quantitative estimate of drug-likeness (QED) is 0.643. The molecule has 0 bridgehead atoms. The van der Waals surface area contributed by atoms with Crippen LogP contribution in [-0.4, -0.2) is 22.0 Å². The zero-order valence-corrected chi connectivity index (χ0v) is 15.7. The number of carbonyl (C=O) groups excluding carboxylic acids is 1. The lowest BCUT2D eigenvalue weighted by Gasteiger charge is -2.29. The van der Waals surface area contributed by atoms with Gasteiger partial charge in [-0.15, -0.1) is 12.4 Å². The molecule has 0 unspecified atom stereocenters. The number of hydrogen-bond acceptors (Lipinski definition) is 2. The van der Waals surface area contributed by atoms with Crippen molar-refractivity contribution in [1.82, 2.24) is 14.9 Å². The number of aromatic nitrogens is 2. The molecule has 0 fully saturated rings. The summed E-state index contributed by atoms with van der Waals surface area (Å²) >= 11 is 0. The Labute approximate surface area is 160 Å². The van der Waals surface area contributed by atoms with Gasteiger partial charge in [-0.3, -0.25) is 4.79 Å². The van der Waals surface area contributed by atoms with Crippen molar-refractivity contribution in [2.24, 2.45) is 0 Å². The van der Waals surface area contributed by atoms with Crippen LogP contribution in [0.25, 0.3) is 0 Å². The van der Waals surface area contributed by atoms with Gasteiger partial charge in [-0.05, 0) is 24.5 Å². The summed E-state index contributed by atoms with van der Waals surface area (Å²) in [6.07, 6.45) is 6.35. The summed E-state index contributed by atoms with van der Waals surface area (Å²) in [5.41, 5.74) is 1.28. The van der Waals surface area contributed by atoms with E-state index in [4.69, 9.17) is 0 Å².